The van der Waals surface area contributed by atoms with Crippen LogP contribution in [0.1, 0.15) is 28.9 Å². The van der Waals surface area contributed by atoms with Crippen LogP contribution >= 0.6 is 15.9 Å². The van der Waals surface area contributed by atoms with Crippen LogP contribution in [0.15, 0.2) is 41.1 Å². The number of nitrogens with one attached hydrogen (secondary N) is 1. The van der Waals surface area contributed by atoms with Crippen molar-refractivity contribution in [3.05, 3.63) is 63.9 Å². The lowest BCUT2D eigenvalue weighted by Gasteiger charge is -2.15. The Morgan fingerprint density at radius 3 is 2.71 bits per heavy atom. The number of benzene rings is 1. The Balaban J connectivity index is 1.90. The number of carbonyl (C=O) groups is 2. The van der Waals surface area contributed by atoms with Gasteiger partial charge in [0.05, 0.1) is 11.6 Å². The molecule has 1 atom stereocenters. The van der Waals surface area contributed by atoms with Crippen LogP contribution in [0.5, 0.6) is 0 Å². The minimum Gasteiger partial charge on any atom is -0.452 e. The van der Waals surface area contributed by atoms with Gasteiger partial charge in [0, 0.05) is 28.5 Å². The first kappa shape index (κ1) is 18.0. The molecule has 0 radical (unpaired) electrons. The van der Waals surface area contributed by atoms with Crippen molar-refractivity contribution in [3.63, 3.8) is 0 Å². The summed E-state index contributed by atoms with van der Waals surface area (Å²) < 4.78 is 32.0. The molecule has 1 amide bonds. The molecule has 2 aromatic rings. The molecule has 0 fully saturated rings. The molecular weight excluding hydrogens is 386 g/mol. The van der Waals surface area contributed by atoms with E-state index in [1.54, 1.807) is 0 Å². The Hall–Kier alpha value is -2.35. The van der Waals surface area contributed by atoms with Gasteiger partial charge in [-0.3, -0.25) is 9.78 Å². The molecule has 5 nitrogen and oxygen atoms in total. The third-order valence-electron chi connectivity index (χ3n) is 3.08. The molecule has 0 spiro atoms. The molecule has 1 aromatic carbocycles. The highest BCUT2D eigenvalue weighted by Crippen LogP contribution is 2.17. The average Bonchev–Trinajstić information content (AvgIpc) is 2.52. The van der Waals surface area contributed by atoms with Gasteiger partial charge in [-0.15, -0.1) is 0 Å². The first-order valence-corrected chi connectivity index (χ1v) is 7.68. The summed E-state index contributed by atoms with van der Waals surface area (Å²) in [6.45, 7) is 1.01. The number of hydrogen-bond acceptors (Lipinski definition) is 4. The summed E-state index contributed by atoms with van der Waals surface area (Å²) >= 11 is 3.17. The molecular formula is C16H13BrF2N2O3. The average molecular weight is 399 g/mol. The van der Waals surface area contributed by atoms with Crippen molar-refractivity contribution in [2.75, 3.05) is 6.61 Å². The van der Waals surface area contributed by atoms with E-state index < -0.39 is 36.2 Å². The van der Waals surface area contributed by atoms with Gasteiger partial charge in [0.1, 0.15) is 11.6 Å². The summed E-state index contributed by atoms with van der Waals surface area (Å²) in [5.41, 5.74) is 0.321. The van der Waals surface area contributed by atoms with Crippen LogP contribution in [0.25, 0.3) is 0 Å². The van der Waals surface area contributed by atoms with E-state index in [9.17, 15) is 18.4 Å². The van der Waals surface area contributed by atoms with E-state index in [4.69, 9.17) is 4.74 Å². The third-order valence-corrected chi connectivity index (χ3v) is 3.52. The molecule has 0 aliphatic carbocycles. The molecule has 0 bridgehead atoms. The molecule has 1 aromatic heterocycles. The molecule has 24 heavy (non-hydrogen) atoms. The molecule has 1 N–H and O–H groups in total. The molecule has 1 heterocycles. The number of nitrogens with zero attached hydrogens (tertiary/aromatic N) is 1. The predicted octanol–water partition coefficient (Wildman–Crippen LogP) is 3.16. The minimum atomic E-state index is -0.764. The Morgan fingerprint density at radius 1 is 1.29 bits per heavy atom. The fraction of sp³-hybridized carbons (Fsp3) is 0.188. The molecule has 0 unspecified atom stereocenters. The Bertz CT molecular complexity index is 771. The van der Waals surface area contributed by atoms with E-state index in [-0.39, 0.29) is 11.1 Å². The van der Waals surface area contributed by atoms with E-state index in [1.165, 1.54) is 31.5 Å². The molecule has 0 aliphatic rings. The third kappa shape index (κ3) is 4.82. The van der Waals surface area contributed by atoms with E-state index in [0.29, 0.717) is 4.47 Å². The van der Waals surface area contributed by atoms with Crippen molar-refractivity contribution < 1.29 is 23.1 Å². The van der Waals surface area contributed by atoms with Crippen LogP contribution in [0, 0.1) is 11.6 Å². The maximum absolute atomic E-state index is 13.6. The summed E-state index contributed by atoms with van der Waals surface area (Å²) in [6, 6.07) is 3.88. The van der Waals surface area contributed by atoms with Gasteiger partial charge in [-0.05, 0) is 35.0 Å². The summed E-state index contributed by atoms with van der Waals surface area (Å²) in [7, 11) is 0. The van der Waals surface area contributed by atoms with Crippen molar-refractivity contribution >= 4 is 27.8 Å². The maximum Gasteiger partial charge on any atom is 0.340 e. The van der Waals surface area contributed by atoms with E-state index >= 15 is 0 Å². The summed E-state index contributed by atoms with van der Waals surface area (Å²) in [5, 5.41) is 2.47. The van der Waals surface area contributed by atoms with Crippen LogP contribution in [-0.2, 0) is 9.53 Å². The van der Waals surface area contributed by atoms with Crippen molar-refractivity contribution in [1.29, 1.82) is 0 Å². The number of amides is 1. The summed E-state index contributed by atoms with van der Waals surface area (Å²) in [5.74, 6) is -2.78. The number of carbonyl (C=O) groups excluding carboxylic acids is 2. The van der Waals surface area contributed by atoms with E-state index in [1.807, 2.05) is 0 Å². The minimum absolute atomic E-state index is 0.132. The lowest BCUT2D eigenvalue weighted by molar-refractivity contribution is -0.124. The smallest absolute Gasteiger partial charge is 0.340 e. The first-order chi connectivity index (χ1) is 11.4. The van der Waals surface area contributed by atoms with Gasteiger partial charge in [-0.2, -0.15) is 0 Å². The Morgan fingerprint density at radius 2 is 2.04 bits per heavy atom. The molecule has 2 rings (SSSR count). The number of rotatable bonds is 5. The quantitative estimate of drug-likeness (QED) is 0.785. The number of hydrogen-bond donors (Lipinski definition) is 1. The second-order valence-corrected chi connectivity index (χ2v) is 5.84. The highest BCUT2D eigenvalue weighted by Gasteiger charge is 2.16. The largest absolute Gasteiger partial charge is 0.452 e. The normalized spacial score (nSPS) is 11.7. The molecule has 0 saturated heterocycles. The highest BCUT2D eigenvalue weighted by molar-refractivity contribution is 9.10. The maximum atomic E-state index is 13.6. The zero-order valence-electron chi connectivity index (χ0n) is 12.6. The lowest BCUT2D eigenvalue weighted by atomic mass is 10.1. The monoisotopic (exact) mass is 398 g/mol. The first-order valence-electron chi connectivity index (χ1n) is 6.89. The molecule has 126 valence electrons. The van der Waals surface area contributed by atoms with Crippen LogP contribution in [0.2, 0.25) is 0 Å². The van der Waals surface area contributed by atoms with Crippen LogP contribution in [0.4, 0.5) is 8.78 Å². The van der Waals surface area contributed by atoms with Crippen molar-refractivity contribution in [2.24, 2.45) is 0 Å². The lowest BCUT2D eigenvalue weighted by Crippen LogP contribution is -2.31. The zero-order chi connectivity index (χ0) is 17.7. The number of pyridine rings is 1. The second kappa shape index (κ2) is 7.96. The standard InChI is InChI=1S/C16H13BrF2N2O3/c1-9(13-3-2-12(18)5-14(13)19)21-15(22)8-24-16(23)10-4-11(17)7-20-6-10/h2-7,9H,8H2,1H3,(H,21,22)/t9-/m1/s1. The van der Waals surface area contributed by atoms with Gasteiger partial charge in [-0.25, -0.2) is 13.6 Å². The fourth-order valence-corrected chi connectivity index (χ4v) is 2.32. The van der Waals surface area contributed by atoms with E-state index in [2.05, 4.69) is 26.2 Å². The van der Waals surface area contributed by atoms with Crippen molar-refractivity contribution in [3.8, 4) is 0 Å². The molecule has 0 aliphatic heterocycles. The van der Waals surface area contributed by atoms with Crippen molar-refractivity contribution in [1.82, 2.24) is 10.3 Å². The second-order valence-electron chi connectivity index (χ2n) is 4.92. The Labute approximate surface area is 145 Å². The van der Waals surface area contributed by atoms with Crippen LogP contribution < -0.4 is 5.32 Å². The zero-order valence-corrected chi connectivity index (χ0v) is 14.1. The van der Waals surface area contributed by atoms with Crippen LogP contribution in [-0.4, -0.2) is 23.5 Å². The molecule has 0 saturated carbocycles. The van der Waals surface area contributed by atoms with Gasteiger partial charge in [0.15, 0.2) is 6.61 Å². The number of ether oxygens (including phenoxy) is 1. The predicted molar refractivity (Wildman–Crippen MR) is 85.1 cm³/mol. The summed E-state index contributed by atoms with van der Waals surface area (Å²) in [4.78, 5) is 27.4. The number of aromatic nitrogens is 1. The van der Waals surface area contributed by atoms with E-state index in [0.717, 1.165) is 12.1 Å². The van der Waals surface area contributed by atoms with Gasteiger partial charge in [0.2, 0.25) is 0 Å². The van der Waals surface area contributed by atoms with Gasteiger partial charge >= 0.3 is 5.97 Å². The van der Waals surface area contributed by atoms with Gasteiger partial charge < -0.3 is 10.1 Å². The number of halogens is 3. The van der Waals surface area contributed by atoms with Gasteiger partial charge in [0.25, 0.3) is 5.91 Å². The molecule has 8 heteroatoms. The SMILES string of the molecule is C[C@@H](NC(=O)COC(=O)c1cncc(Br)c1)c1ccc(F)cc1F. The Kier molecular flexibility index (Phi) is 5.97. The fourth-order valence-electron chi connectivity index (χ4n) is 1.95. The summed E-state index contributed by atoms with van der Waals surface area (Å²) in [6.07, 6.45) is 2.81. The van der Waals surface area contributed by atoms with Crippen LogP contribution in [0.3, 0.4) is 0 Å². The topological polar surface area (TPSA) is 68.3 Å². The van der Waals surface area contributed by atoms with Crippen molar-refractivity contribution in [2.45, 2.75) is 13.0 Å². The highest BCUT2D eigenvalue weighted by atomic mass is 79.9. The van der Waals surface area contributed by atoms with Gasteiger partial charge in [-0.1, -0.05) is 6.07 Å². The number of esters is 1.